The first-order valence-corrected chi connectivity index (χ1v) is 3.36. The summed E-state index contributed by atoms with van der Waals surface area (Å²) in [5.74, 6) is 2.10. The molecule has 0 aromatic heterocycles. The third kappa shape index (κ3) is 3.96. The monoisotopic (exact) mass is 140 g/mol. The maximum Gasteiger partial charge on any atom is 0.307 e. The largest absolute Gasteiger partial charge is 0.449 e. The molecule has 0 unspecified atom stereocenters. The summed E-state index contributed by atoms with van der Waals surface area (Å²) in [7, 11) is 0. The summed E-state index contributed by atoms with van der Waals surface area (Å²) in [4.78, 5) is 10.7. The Balaban J connectivity index is 3.49. The van der Waals surface area contributed by atoms with Crippen molar-refractivity contribution >= 4 is 5.97 Å². The maximum atomic E-state index is 10.7. The van der Waals surface area contributed by atoms with E-state index in [1.54, 1.807) is 6.92 Å². The lowest BCUT2D eigenvalue weighted by Gasteiger charge is -2.04. The minimum absolute atomic E-state index is 0.215. The first-order valence-electron chi connectivity index (χ1n) is 3.36. The van der Waals surface area contributed by atoms with Gasteiger partial charge in [0.25, 0.3) is 0 Å². The summed E-state index contributed by atoms with van der Waals surface area (Å²) < 4.78 is 4.76. The molecule has 0 spiro atoms. The van der Waals surface area contributed by atoms with Crippen LogP contribution >= 0.6 is 0 Å². The molecule has 0 aliphatic heterocycles. The van der Waals surface area contributed by atoms with Crippen LogP contribution in [0.4, 0.5) is 0 Å². The van der Waals surface area contributed by atoms with Crippen molar-refractivity contribution in [3.63, 3.8) is 0 Å². The third-order valence-corrected chi connectivity index (χ3v) is 0.997. The fourth-order valence-electron chi connectivity index (χ4n) is 0.494. The van der Waals surface area contributed by atoms with Gasteiger partial charge in [-0.1, -0.05) is 12.8 Å². The average molecular weight is 140 g/mol. The van der Waals surface area contributed by atoms with Gasteiger partial charge in [0, 0.05) is 6.42 Å². The molecule has 0 radical (unpaired) electrons. The van der Waals surface area contributed by atoms with Crippen LogP contribution in [0.15, 0.2) is 0 Å². The number of hydrogen-bond donors (Lipinski definition) is 0. The second-order valence-corrected chi connectivity index (χ2v) is 2.05. The van der Waals surface area contributed by atoms with Gasteiger partial charge in [0.05, 0.1) is 0 Å². The van der Waals surface area contributed by atoms with Crippen molar-refractivity contribution in [3.05, 3.63) is 0 Å². The van der Waals surface area contributed by atoms with Crippen molar-refractivity contribution in [3.8, 4) is 12.3 Å². The molecule has 0 aromatic carbocycles. The zero-order valence-corrected chi connectivity index (χ0v) is 6.39. The molecule has 0 rings (SSSR count). The number of terminal acetylenes is 1. The molecule has 0 saturated carbocycles. The molecule has 2 heteroatoms. The Hall–Kier alpha value is -0.970. The Morgan fingerprint density at radius 3 is 2.80 bits per heavy atom. The number of esters is 1. The Bertz CT molecular complexity index is 144. The SMILES string of the molecule is C#C[C@@H](C)OC(=O)CCC. The van der Waals surface area contributed by atoms with Crippen molar-refractivity contribution in [2.24, 2.45) is 0 Å². The standard InChI is InChI=1S/C8H12O2/c1-4-6-8(9)10-7(3)5-2/h2,7H,4,6H2,1,3H3/t7-/m1/s1. The van der Waals surface area contributed by atoms with E-state index in [9.17, 15) is 4.79 Å². The molecule has 0 aromatic rings. The van der Waals surface area contributed by atoms with Crippen LogP contribution in [0.2, 0.25) is 0 Å². The van der Waals surface area contributed by atoms with Gasteiger partial charge in [-0.05, 0) is 13.3 Å². The lowest BCUT2D eigenvalue weighted by molar-refractivity contribution is -0.145. The van der Waals surface area contributed by atoms with E-state index < -0.39 is 0 Å². The Labute approximate surface area is 61.6 Å². The van der Waals surface area contributed by atoms with Gasteiger partial charge < -0.3 is 4.74 Å². The van der Waals surface area contributed by atoms with E-state index in [4.69, 9.17) is 11.2 Å². The number of rotatable bonds is 3. The molecule has 1 atom stereocenters. The predicted octanol–water partition coefficient (Wildman–Crippen LogP) is 1.35. The first kappa shape index (κ1) is 9.03. The van der Waals surface area contributed by atoms with E-state index in [-0.39, 0.29) is 12.1 Å². The highest BCUT2D eigenvalue weighted by Gasteiger charge is 2.03. The first-order chi connectivity index (χ1) is 4.70. The summed E-state index contributed by atoms with van der Waals surface area (Å²) in [6.07, 6.45) is 5.85. The topological polar surface area (TPSA) is 26.3 Å². The van der Waals surface area contributed by atoms with Crippen molar-refractivity contribution < 1.29 is 9.53 Å². The van der Waals surface area contributed by atoms with Crippen LogP contribution in [-0.4, -0.2) is 12.1 Å². The quantitative estimate of drug-likeness (QED) is 0.437. The Kier molecular flexibility index (Phi) is 4.39. The minimum Gasteiger partial charge on any atom is -0.449 e. The van der Waals surface area contributed by atoms with Gasteiger partial charge >= 0.3 is 5.97 Å². The van der Waals surface area contributed by atoms with Crippen LogP contribution < -0.4 is 0 Å². The van der Waals surface area contributed by atoms with E-state index in [1.807, 2.05) is 6.92 Å². The second-order valence-electron chi connectivity index (χ2n) is 2.05. The van der Waals surface area contributed by atoms with Crippen LogP contribution in [0.5, 0.6) is 0 Å². The van der Waals surface area contributed by atoms with Gasteiger partial charge in [0.1, 0.15) is 0 Å². The molecule has 0 aliphatic rings. The van der Waals surface area contributed by atoms with Gasteiger partial charge in [0.2, 0.25) is 0 Å². The van der Waals surface area contributed by atoms with Gasteiger partial charge in [-0.2, -0.15) is 0 Å². The highest BCUT2D eigenvalue weighted by Crippen LogP contribution is 1.95. The van der Waals surface area contributed by atoms with E-state index in [2.05, 4.69) is 5.92 Å². The minimum atomic E-state index is -0.390. The lowest BCUT2D eigenvalue weighted by Crippen LogP contribution is -2.11. The molecule has 0 N–H and O–H groups in total. The summed E-state index contributed by atoms with van der Waals surface area (Å²) >= 11 is 0. The molecule has 56 valence electrons. The van der Waals surface area contributed by atoms with Crippen molar-refractivity contribution in [2.45, 2.75) is 32.8 Å². The summed E-state index contributed by atoms with van der Waals surface area (Å²) in [5, 5.41) is 0. The second kappa shape index (κ2) is 4.87. The van der Waals surface area contributed by atoms with Gasteiger partial charge in [-0.15, -0.1) is 6.42 Å². The van der Waals surface area contributed by atoms with E-state index in [1.165, 1.54) is 0 Å². The Morgan fingerprint density at radius 1 is 1.80 bits per heavy atom. The van der Waals surface area contributed by atoms with Crippen LogP contribution in [0.3, 0.4) is 0 Å². The van der Waals surface area contributed by atoms with E-state index in [0.717, 1.165) is 6.42 Å². The predicted molar refractivity (Wildman–Crippen MR) is 39.3 cm³/mol. The summed E-state index contributed by atoms with van der Waals surface area (Å²) in [6.45, 7) is 3.59. The molecule has 10 heavy (non-hydrogen) atoms. The van der Waals surface area contributed by atoms with Gasteiger partial charge in [-0.25, -0.2) is 0 Å². The average Bonchev–Trinajstić information content (AvgIpc) is 1.88. The molecule has 0 amide bonds. The van der Waals surface area contributed by atoms with Crippen molar-refractivity contribution in [2.75, 3.05) is 0 Å². The molecule has 0 aliphatic carbocycles. The third-order valence-electron chi connectivity index (χ3n) is 0.997. The Morgan fingerprint density at radius 2 is 2.40 bits per heavy atom. The summed E-state index contributed by atoms with van der Waals surface area (Å²) in [6, 6.07) is 0. The fourth-order valence-corrected chi connectivity index (χ4v) is 0.494. The lowest BCUT2D eigenvalue weighted by atomic mass is 10.3. The molecule has 2 nitrogen and oxygen atoms in total. The normalized spacial score (nSPS) is 11.7. The zero-order valence-electron chi connectivity index (χ0n) is 6.39. The molecule has 0 heterocycles. The molecular weight excluding hydrogens is 128 g/mol. The van der Waals surface area contributed by atoms with Crippen molar-refractivity contribution in [1.29, 1.82) is 0 Å². The number of carbonyl (C=O) groups is 1. The van der Waals surface area contributed by atoms with Crippen LogP contribution in [0.1, 0.15) is 26.7 Å². The highest BCUT2D eigenvalue weighted by atomic mass is 16.5. The molecule has 0 bridgehead atoms. The molecular formula is C8H12O2. The van der Waals surface area contributed by atoms with Crippen LogP contribution in [-0.2, 0) is 9.53 Å². The van der Waals surface area contributed by atoms with E-state index in [0.29, 0.717) is 6.42 Å². The summed E-state index contributed by atoms with van der Waals surface area (Å²) in [5.41, 5.74) is 0. The number of ether oxygens (including phenoxy) is 1. The van der Waals surface area contributed by atoms with Crippen molar-refractivity contribution in [1.82, 2.24) is 0 Å². The molecule has 0 fully saturated rings. The zero-order chi connectivity index (χ0) is 7.98. The maximum absolute atomic E-state index is 10.7. The van der Waals surface area contributed by atoms with E-state index >= 15 is 0 Å². The smallest absolute Gasteiger partial charge is 0.307 e. The number of hydrogen-bond acceptors (Lipinski definition) is 2. The van der Waals surface area contributed by atoms with Gasteiger partial charge in [-0.3, -0.25) is 4.79 Å². The molecule has 0 saturated heterocycles. The fraction of sp³-hybridized carbons (Fsp3) is 0.625. The van der Waals surface area contributed by atoms with Crippen LogP contribution in [0, 0.1) is 12.3 Å². The number of carbonyl (C=O) groups excluding carboxylic acids is 1. The highest BCUT2D eigenvalue weighted by molar-refractivity contribution is 5.69. The van der Waals surface area contributed by atoms with Gasteiger partial charge in [0.15, 0.2) is 6.10 Å². The van der Waals surface area contributed by atoms with Crippen LogP contribution in [0.25, 0.3) is 0 Å².